The minimum absolute atomic E-state index is 0.625. The van der Waals surface area contributed by atoms with Crippen LogP contribution in [0.15, 0.2) is 0 Å². The molecule has 4 heavy (non-hydrogen) atoms. The Hall–Kier alpha value is -0.0800. The largest absolute Gasteiger partial charge is 0.364 e. The molecule has 0 aromatic heterocycles. The normalized spacial score (nSPS) is 7.50. The fraction of sp³-hybridized carbons (Fsp3) is 0.500. The molecule has 0 aromatic rings. The molecule has 1 N–H and O–H groups in total. The van der Waals surface area contributed by atoms with E-state index in [1.54, 1.807) is 0 Å². The van der Waals surface area contributed by atoms with Crippen LogP contribution in [0.2, 0.25) is 0 Å². The monoisotopic (exact) mass is 61.0 g/mol. The average Bonchev–Trinajstić information content (AvgIpc) is 1.37. The van der Waals surface area contributed by atoms with Crippen molar-refractivity contribution in [3.63, 3.8) is 0 Å². The number of aliphatic hydroxyl groups is 1. The van der Waals surface area contributed by atoms with Gasteiger partial charge in [0.25, 0.3) is 0 Å². The number of rotatable bonds is 1. The van der Waals surface area contributed by atoms with Crippen molar-refractivity contribution in [3.8, 4) is 0 Å². The number of hydrogen-bond donors (Lipinski definition) is 1. The van der Waals surface area contributed by atoms with Gasteiger partial charge >= 0.3 is 0 Å². The molecule has 25 valence electrons. The van der Waals surface area contributed by atoms with Crippen molar-refractivity contribution in [2.75, 3.05) is 7.11 Å². The topological polar surface area (TPSA) is 29.5 Å². The van der Waals surface area contributed by atoms with Gasteiger partial charge in [-0.1, -0.05) is 0 Å². The lowest BCUT2D eigenvalue weighted by Crippen LogP contribution is -1.69. The van der Waals surface area contributed by atoms with Crippen LogP contribution >= 0.6 is 0 Å². The second-order valence-corrected chi connectivity index (χ2v) is 0.341. The zero-order valence-electron chi connectivity index (χ0n) is 2.43. The highest BCUT2D eigenvalue weighted by Gasteiger charge is 1.54. The Morgan fingerprint density at radius 2 is 2.25 bits per heavy atom. The van der Waals surface area contributed by atoms with Crippen LogP contribution in [0.25, 0.3) is 0 Å². The molecule has 0 fully saturated rings. The predicted octanol–water partition coefficient (Wildman–Crippen LogP) is 0.125. The van der Waals surface area contributed by atoms with Gasteiger partial charge in [-0.3, -0.25) is 0 Å². The number of ether oxygens (including phenoxy) is 1. The van der Waals surface area contributed by atoms with Gasteiger partial charge in [0.1, 0.15) is 0 Å². The Morgan fingerprint density at radius 3 is 2.25 bits per heavy atom. The summed E-state index contributed by atoms with van der Waals surface area (Å²) in [6, 6.07) is 0. The zero-order chi connectivity index (χ0) is 3.41. The van der Waals surface area contributed by atoms with Crippen LogP contribution in [0.3, 0.4) is 0 Å². The second kappa shape index (κ2) is 2.92. The molecular formula is C2H5O2. The maximum Gasteiger partial charge on any atom is 0.206 e. The zero-order valence-corrected chi connectivity index (χ0v) is 2.43. The van der Waals surface area contributed by atoms with E-state index in [4.69, 9.17) is 5.11 Å². The van der Waals surface area contributed by atoms with E-state index in [0.29, 0.717) is 6.79 Å². The molecule has 0 unspecified atom stereocenters. The fourth-order valence-corrected chi connectivity index (χ4v) is 0. The maximum absolute atomic E-state index is 7.53. The predicted molar refractivity (Wildman–Crippen MR) is 13.2 cm³/mol. The van der Waals surface area contributed by atoms with Gasteiger partial charge in [0, 0.05) is 7.11 Å². The van der Waals surface area contributed by atoms with Gasteiger partial charge in [0.2, 0.25) is 6.79 Å². The Labute approximate surface area is 25.0 Å². The lowest BCUT2D eigenvalue weighted by molar-refractivity contribution is 0.120. The molecule has 0 amide bonds. The third-order valence-electron chi connectivity index (χ3n) is 0.105. The molecule has 0 saturated carbocycles. The summed E-state index contributed by atoms with van der Waals surface area (Å²) in [7, 11) is 1.38. The average molecular weight is 61.1 g/mol. The Kier molecular flexibility index (Phi) is 2.86. The van der Waals surface area contributed by atoms with Crippen molar-refractivity contribution in [2.24, 2.45) is 0 Å². The van der Waals surface area contributed by atoms with E-state index in [1.807, 2.05) is 0 Å². The van der Waals surface area contributed by atoms with Gasteiger partial charge in [-0.15, -0.1) is 0 Å². The highest BCUT2D eigenvalue weighted by Crippen LogP contribution is 1.56. The molecule has 2 nitrogen and oxygen atoms in total. The van der Waals surface area contributed by atoms with Crippen molar-refractivity contribution in [3.05, 3.63) is 6.79 Å². The summed E-state index contributed by atoms with van der Waals surface area (Å²) in [6.07, 6.45) is 0. The third kappa shape index (κ3) is 1.92. The van der Waals surface area contributed by atoms with Gasteiger partial charge < -0.3 is 9.84 Å². The number of methoxy groups -OCH3 is 1. The Morgan fingerprint density at radius 1 is 2.00 bits per heavy atom. The molecule has 0 atom stereocenters. The van der Waals surface area contributed by atoms with Crippen LogP contribution in [0, 0.1) is 6.79 Å². The van der Waals surface area contributed by atoms with E-state index in [-0.39, 0.29) is 0 Å². The summed E-state index contributed by atoms with van der Waals surface area (Å²) in [6.45, 7) is 0.625. The Balaban J connectivity index is 1.97. The van der Waals surface area contributed by atoms with Crippen LogP contribution in [-0.2, 0) is 4.74 Å². The Bertz CT molecular complexity index is 6.00. The second-order valence-electron chi connectivity index (χ2n) is 0.341. The van der Waals surface area contributed by atoms with Crippen LogP contribution < -0.4 is 0 Å². The minimum atomic E-state index is 0.625. The number of aliphatic hydroxyl groups excluding tert-OH is 1. The highest BCUT2D eigenvalue weighted by atomic mass is 16.6. The fourth-order valence-electron chi connectivity index (χ4n) is 0. The van der Waals surface area contributed by atoms with Crippen LogP contribution in [-0.4, -0.2) is 12.2 Å². The van der Waals surface area contributed by atoms with E-state index < -0.39 is 0 Å². The smallest absolute Gasteiger partial charge is 0.206 e. The van der Waals surface area contributed by atoms with Gasteiger partial charge in [0.15, 0.2) is 0 Å². The summed E-state index contributed by atoms with van der Waals surface area (Å²) >= 11 is 0. The van der Waals surface area contributed by atoms with Crippen molar-refractivity contribution in [1.82, 2.24) is 0 Å². The summed E-state index contributed by atoms with van der Waals surface area (Å²) < 4.78 is 3.97. The first-order valence-corrected chi connectivity index (χ1v) is 0.902. The first-order chi connectivity index (χ1) is 1.91. The highest BCUT2D eigenvalue weighted by molar-refractivity contribution is 4.02. The molecule has 0 rings (SSSR count). The van der Waals surface area contributed by atoms with Crippen LogP contribution in [0.5, 0.6) is 0 Å². The van der Waals surface area contributed by atoms with E-state index in [0.717, 1.165) is 0 Å². The molecule has 0 bridgehead atoms. The molecule has 0 saturated heterocycles. The first kappa shape index (κ1) is 3.92. The lowest BCUT2D eigenvalue weighted by Gasteiger charge is -1.74. The van der Waals surface area contributed by atoms with Gasteiger partial charge in [-0.05, 0) is 0 Å². The molecule has 0 aliphatic rings. The summed E-state index contributed by atoms with van der Waals surface area (Å²) in [5.74, 6) is 0. The molecule has 1 radical (unpaired) electrons. The van der Waals surface area contributed by atoms with Gasteiger partial charge in [-0.25, -0.2) is 0 Å². The van der Waals surface area contributed by atoms with Crippen molar-refractivity contribution in [1.29, 1.82) is 0 Å². The molecular weight excluding hydrogens is 56.0 g/mol. The van der Waals surface area contributed by atoms with Crippen LogP contribution in [0.4, 0.5) is 0 Å². The summed E-state index contributed by atoms with van der Waals surface area (Å²) in [4.78, 5) is 0. The number of hydrogen-bond acceptors (Lipinski definition) is 2. The SMILES string of the molecule is CO[CH]O. The quantitative estimate of drug-likeness (QED) is 0.466. The lowest BCUT2D eigenvalue weighted by atomic mass is 11.4. The van der Waals surface area contributed by atoms with E-state index in [1.165, 1.54) is 7.11 Å². The van der Waals surface area contributed by atoms with Crippen LogP contribution in [0.1, 0.15) is 0 Å². The molecule has 0 heterocycles. The molecule has 0 aliphatic heterocycles. The first-order valence-electron chi connectivity index (χ1n) is 0.902. The molecule has 2 heteroatoms. The van der Waals surface area contributed by atoms with E-state index in [9.17, 15) is 0 Å². The molecule has 0 aliphatic carbocycles. The summed E-state index contributed by atoms with van der Waals surface area (Å²) in [5.41, 5.74) is 0. The van der Waals surface area contributed by atoms with Crippen molar-refractivity contribution < 1.29 is 9.84 Å². The van der Waals surface area contributed by atoms with Gasteiger partial charge in [0.05, 0.1) is 0 Å². The molecule has 0 spiro atoms. The minimum Gasteiger partial charge on any atom is -0.364 e. The molecule has 0 aromatic carbocycles. The summed E-state index contributed by atoms with van der Waals surface area (Å²) in [5, 5.41) is 7.53. The maximum atomic E-state index is 7.53. The van der Waals surface area contributed by atoms with E-state index in [2.05, 4.69) is 4.74 Å². The van der Waals surface area contributed by atoms with Crippen molar-refractivity contribution >= 4 is 0 Å². The standard InChI is InChI=1S/C2H5O2/c1-4-2-3/h2-3H,1H3. The third-order valence-corrected chi connectivity index (χ3v) is 0.105. The van der Waals surface area contributed by atoms with Crippen molar-refractivity contribution in [2.45, 2.75) is 0 Å². The van der Waals surface area contributed by atoms with Gasteiger partial charge in [-0.2, -0.15) is 0 Å². The van der Waals surface area contributed by atoms with E-state index >= 15 is 0 Å².